The van der Waals surface area contributed by atoms with Crippen molar-refractivity contribution in [1.29, 1.82) is 0 Å². The Morgan fingerprint density at radius 3 is 2.29 bits per heavy atom. The Balaban J connectivity index is 0.00000144. The first-order valence-corrected chi connectivity index (χ1v) is 5.67. The summed E-state index contributed by atoms with van der Waals surface area (Å²) in [6.45, 7) is 0. The van der Waals surface area contributed by atoms with Crippen LogP contribution in [0.4, 0.5) is 0 Å². The van der Waals surface area contributed by atoms with Gasteiger partial charge in [-0.1, -0.05) is 12.1 Å². The second-order valence-electron chi connectivity index (χ2n) is 3.23. The number of carbonyl (C=O) groups is 2. The molecule has 0 N–H and O–H groups in total. The van der Waals surface area contributed by atoms with Gasteiger partial charge in [0.05, 0.1) is 4.90 Å². The standard InChI is InChI=1S/C10H6O5S.Na/c11-9-4-2-6-1-3-7(16(13,14)15)5-8(6)10(9)12;/h1-5H,(H,13,14,15);/q;+1/p-1. The molecule has 0 saturated carbocycles. The molecule has 1 aromatic rings. The fraction of sp³-hybridized carbons (Fsp3) is 0. The van der Waals surface area contributed by atoms with Gasteiger partial charge in [0.2, 0.25) is 11.6 Å². The van der Waals surface area contributed by atoms with Crippen LogP contribution in [0.2, 0.25) is 0 Å². The third-order valence-corrected chi connectivity index (χ3v) is 3.03. The minimum Gasteiger partial charge on any atom is -0.744 e. The van der Waals surface area contributed by atoms with Crippen LogP contribution in [0, 0.1) is 0 Å². The minimum absolute atomic E-state index is 0. The maximum absolute atomic E-state index is 11.4. The molecule has 0 radical (unpaired) electrons. The number of hydrogen-bond acceptors (Lipinski definition) is 5. The Labute approximate surface area is 120 Å². The van der Waals surface area contributed by atoms with Crippen LogP contribution < -0.4 is 29.6 Å². The number of hydrogen-bond donors (Lipinski definition) is 0. The van der Waals surface area contributed by atoms with E-state index in [1.54, 1.807) is 0 Å². The summed E-state index contributed by atoms with van der Waals surface area (Å²) in [6, 6.07) is 3.36. The van der Waals surface area contributed by atoms with Gasteiger partial charge in [0, 0.05) is 5.56 Å². The number of Topliss-reactive ketones (excluding diaryl/α,β-unsaturated/α-hetero) is 1. The summed E-state index contributed by atoms with van der Waals surface area (Å²) in [5, 5.41) is 0. The molecular formula is C10H5NaO5S. The molecule has 5 nitrogen and oxygen atoms in total. The Bertz CT molecular complexity index is 630. The molecule has 0 bridgehead atoms. The molecule has 82 valence electrons. The van der Waals surface area contributed by atoms with Crippen LogP contribution in [0.3, 0.4) is 0 Å². The molecule has 1 aliphatic rings. The van der Waals surface area contributed by atoms with E-state index in [2.05, 4.69) is 0 Å². The Kier molecular flexibility index (Phi) is 4.06. The molecule has 0 spiro atoms. The summed E-state index contributed by atoms with van der Waals surface area (Å²) in [6.07, 6.45) is 2.51. The van der Waals surface area contributed by atoms with Crippen LogP contribution in [0.1, 0.15) is 15.9 Å². The van der Waals surface area contributed by atoms with Crippen LogP contribution in [-0.2, 0) is 14.9 Å². The first-order chi connectivity index (χ1) is 7.39. The van der Waals surface area contributed by atoms with Gasteiger partial charge >= 0.3 is 29.6 Å². The molecule has 0 saturated heterocycles. The van der Waals surface area contributed by atoms with E-state index in [-0.39, 0.29) is 35.1 Å². The first kappa shape index (κ1) is 14.3. The van der Waals surface area contributed by atoms with Crippen molar-refractivity contribution in [3.05, 3.63) is 35.4 Å². The van der Waals surface area contributed by atoms with E-state index in [1.807, 2.05) is 0 Å². The molecule has 0 aliphatic heterocycles. The quantitative estimate of drug-likeness (QED) is 0.313. The maximum Gasteiger partial charge on any atom is 1.00 e. The van der Waals surface area contributed by atoms with E-state index in [0.29, 0.717) is 5.56 Å². The summed E-state index contributed by atoms with van der Waals surface area (Å²) in [5.41, 5.74) is 0.376. The molecule has 0 amide bonds. The zero-order valence-electron chi connectivity index (χ0n) is 8.84. The molecule has 0 fully saturated rings. The first-order valence-electron chi connectivity index (χ1n) is 4.26. The van der Waals surface area contributed by atoms with Crippen molar-refractivity contribution < 1.29 is 52.1 Å². The molecule has 1 aromatic carbocycles. The molecule has 7 heteroatoms. The van der Waals surface area contributed by atoms with Crippen LogP contribution in [0.25, 0.3) is 6.08 Å². The Morgan fingerprint density at radius 2 is 1.71 bits per heavy atom. The monoisotopic (exact) mass is 260 g/mol. The fourth-order valence-electron chi connectivity index (χ4n) is 1.41. The maximum atomic E-state index is 11.4. The second-order valence-corrected chi connectivity index (χ2v) is 4.61. The van der Waals surface area contributed by atoms with Crippen LogP contribution in [0.15, 0.2) is 29.2 Å². The van der Waals surface area contributed by atoms with Gasteiger partial charge in [-0.25, -0.2) is 8.42 Å². The van der Waals surface area contributed by atoms with Gasteiger partial charge in [0.1, 0.15) is 10.1 Å². The topological polar surface area (TPSA) is 91.3 Å². The number of carbonyl (C=O) groups excluding carboxylic acids is 2. The van der Waals surface area contributed by atoms with Crippen molar-refractivity contribution in [3.8, 4) is 0 Å². The molecule has 17 heavy (non-hydrogen) atoms. The summed E-state index contributed by atoms with van der Waals surface area (Å²) >= 11 is 0. The number of fused-ring (bicyclic) bond motifs is 1. The van der Waals surface area contributed by atoms with E-state index in [4.69, 9.17) is 0 Å². The van der Waals surface area contributed by atoms with Crippen LogP contribution in [0.5, 0.6) is 0 Å². The van der Waals surface area contributed by atoms with Crippen molar-refractivity contribution in [3.63, 3.8) is 0 Å². The number of allylic oxidation sites excluding steroid dienone is 1. The Morgan fingerprint density at radius 1 is 1.06 bits per heavy atom. The van der Waals surface area contributed by atoms with Crippen molar-refractivity contribution in [1.82, 2.24) is 0 Å². The summed E-state index contributed by atoms with van der Waals surface area (Å²) < 4.78 is 32.2. The van der Waals surface area contributed by atoms with Gasteiger partial charge in [-0.3, -0.25) is 9.59 Å². The van der Waals surface area contributed by atoms with Crippen molar-refractivity contribution in [2.24, 2.45) is 0 Å². The average Bonchev–Trinajstić information content (AvgIpc) is 2.22. The summed E-state index contributed by atoms with van der Waals surface area (Å²) in [5.74, 6) is -1.53. The SMILES string of the molecule is O=C1C=Cc2ccc(S(=O)(=O)[O-])cc2C1=O.[Na+]. The van der Waals surface area contributed by atoms with E-state index in [1.165, 1.54) is 12.1 Å². The van der Waals surface area contributed by atoms with Gasteiger partial charge in [-0.05, 0) is 23.8 Å². The molecule has 0 atom stereocenters. The smallest absolute Gasteiger partial charge is 0.744 e. The zero-order chi connectivity index (χ0) is 11.9. The predicted octanol–water partition coefficient (Wildman–Crippen LogP) is -2.63. The van der Waals surface area contributed by atoms with E-state index >= 15 is 0 Å². The Hall–Kier alpha value is -0.790. The van der Waals surface area contributed by atoms with Crippen LogP contribution in [-0.4, -0.2) is 24.5 Å². The van der Waals surface area contributed by atoms with E-state index in [9.17, 15) is 22.6 Å². The van der Waals surface area contributed by atoms with Crippen molar-refractivity contribution in [2.75, 3.05) is 0 Å². The van der Waals surface area contributed by atoms with Crippen molar-refractivity contribution >= 4 is 27.8 Å². The predicted molar refractivity (Wildman–Crippen MR) is 52.8 cm³/mol. The molecule has 0 unspecified atom stereocenters. The second kappa shape index (κ2) is 4.83. The fourth-order valence-corrected chi connectivity index (χ4v) is 1.90. The number of rotatable bonds is 1. The van der Waals surface area contributed by atoms with Crippen LogP contribution >= 0.6 is 0 Å². The minimum atomic E-state index is -4.61. The van der Waals surface area contributed by atoms with Gasteiger partial charge in [-0.15, -0.1) is 0 Å². The van der Waals surface area contributed by atoms with Gasteiger partial charge in [0.25, 0.3) is 0 Å². The molecule has 2 rings (SSSR count). The van der Waals surface area contributed by atoms with E-state index in [0.717, 1.165) is 18.2 Å². The molecular weight excluding hydrogens is 255 g/mol. The normalized spacial score (nSPS) is 14.2. The van der Waals surface area contributed by atoms with E-state index < -0.39 is 26.6 Å². The van der Waals surface area contributed by atoms with Gasteiger partial charge < -0.3 is 4.55 Å². The third kappa shape index (κ3) is 2.72. The molecule has 0 aromatic heterocycles. The van der Waals surface area contributed by atoms with Crippen molar-refractivity contribution in [2.45, 2.75) is 4.90 Å². The number of ketones is 2. The number of benzene rings is 1. The van der Waals surface area contributed by atoms with Gasteiger partial charge in [-0.2, -0.15) is 0 Å². The van der Waals surface area contributed by atoms with Gasteiger partial charge in [0.15, 0.2) is 0 Å². The summed E-state index contributed by atoms with van der Waals surface area (Å²) in [7, 11) is -4.61. The summed E-state index contributed by atoms with van der Waals surface area (Å²) in [4.78, 5) is 21.9. The average molecular weight is 260 g/mol. The largest absolute Gasteiger partial charge is 1.00 e. The zero-order valence-corrected chi connectivity index (χ0v) is 11.7. The third-order valence-electron chi connectivity index (χ3n) is 2.20. The molecule has 0 heterocycles. The molecule has 1 aliphatic carbocycles.